The molecule has 0 saturated carbocycles. The third-order valence-corrected chi connectivity index (χ3v) is 2.94. The van der Waals surface area contributed by atoms with Gasteiger partial charge in [-0.1, -0.05) is 13.8 Å². The van der Waals surface area contributed by atoms with Crippen LogP contribution in [0.1, 0.15) is 33.1 Å². The smallest absolute Gasteiger partial charge is 0.0876 e. The first-order chi connectivity index (χ1) is 6.60. The number of hydrogen-bond acceptors (Lipinski definition) is 3. The molecule has 0 amide bonds. The van der Waals surface area contributed by atoms with Gasteiger partial charge in [-0.15, -0.1) is 0 Å². The van der Waals surface area contributed by atoms with Crippen molar-refractivity contribution in [1.82, 2.24) is 0 Å². The van der Waals surface area contributed by atoms with E-state index in [1.807, 2.05) is 0 Å². The summed E-state index contributed by atoms with van der Waals surface area (Å²) in [7, 11) is 0. The first kappa shape index (κ1) is 11.5. The fourth-order valence-electron chi connectivity index (χ4n) is 1.93. The molecule has 1 heterocycles. The van der Waals surface area contributed by atoms with E-state index in [2.05, 4.69) is 19.9 Å². The molecular weight excluding hydrogens is 178 g/mol. The molecule has 1 saturated heterocycles. The van der Waals surface area contributed by atoms with Crippen LogP contribution in [0, 0.1) is 22.7 Å². The minimum atomic E-state index is -0.553. The van der Waals surface area contributed by atoms with E-state index >= 15 is 0 Å². The quantitative estimate of drug-likeness (QED) is 0.749. The van der Waals surface area contributed by atoms with Gasteiger partial charge in [0.25, 0.3) is 0 Å². The lowest BCUT2D eigenvalue weighted by molar-refractivity contribution is -0.0369. The largest absolute Gasteiger partial charge is 0.391 e. The molecule has 14 heavy (non-hydrogen) atoms. The van der Waals surface area contributed by atoms with Gasteiger partial charge < -0.3 is 9.84 Å². The van der Waals surface area contributed by atoms with E-state index in [0.717, 1.165) is 0 Å². The molecule has 0 spiro atoms. The number of ether oxygens (including phenoxy) is 1. The lowest BCUT2D eigenvalue weighted by Crippen LogP contribution is -2.39. The number of aliphatic hydroxyl groups excluding tert-OH is 1. The molecule has 3 heteroatoms. The lowest BCUT2D eigenvalue weighted by atomic mass is 9.74. The van der Waals surface area contributed by atoms with Gasteiger partial charge in [0, 0.05) is 13.2 Å². The molecule has 1 aliphatic rings. The molecule has 1 N–H and O–H groups in total. The predicted molar refractivity (Wildman–Crippen MR) is 53.6 cm³/mol. The van der Waals surface area contributed by atoms with E-state index in [0.29, 0.717) is 38.4 Å². The first-order valence-corrected chi connectivity index (χ1v) is 5.28. The van der Waals surface area contributed by atoms with Crippen LogP contribution in [0.2, 0.25) is 0 Å². The van der Waals surface area contributed by atoms with Gasteiger partial charge >= 0.3 is 0 Å². The lowest BCUT2D eigenvalue weighted by Gasteiger charge is -2.35. The summed E-state index contributed by atoms with van der Waals surface area (Å²) in [5.74, 6) is 0.429. The van der Waals surface area contributed by atoms with Gasteiger partial charge in [-0.2, -0.15) is 5.26 Å². The Hall–Kier alpha value is -0.590. The van der Waals surface area contributed by atoms with E-state index in [1.165, 1.54) is 0 Å². The average molecular weight is 197 g/mol. The molecule has 1 unspecified atom stereocenters. The Morgan fingerprint density at radius 3 is 2.43 bits per heavy atom. The van der Waals surface area contributed by atoms with E-state index in [-0.39, 0.29) is 0 Å². The molecule has 0 bridgehead atoms. The maximum atomic E-state index is 10.0. The van der Waals surface area contributed by atoms with Crippen molar-refractivity contribution in [3.05, 3.63) is 0 Å². The molecule has 0 radical (unpaired) electrons. The molecule has 1 atom stereocenters. The summed E-state index contributed by atoms with van der Waals surface area (Å²) in [5.41, 5.74) is -0.553. The van der Waals surface area contributed by atoms with E-state index in [4.69, 9.17) is 10.00 Å². The molecule has 0 aromatic carbocycles. The van der Waals surface area contributed by atoms with Crippen LogP contribution in [0.4, 0.5) is 0 Å². The fraction of sp³-hybridized carbons (Fsp3) is 0.909. The standard InChI is InChI=1S/C11H19NO2/c1-9(2)7-10(13)11(8-12)3-5-14-6-4-11/h9-10,13H,3-7H2,1-2H3. The van der Waals surface area contributed by atoms with Crippen molar-refractivity contribution in [2.45, 2.75) is 39.2 Å². The molecule has 1 rings (SSSR count). The van der Waals surface area contributed by atoms with Crippen molar-refractivity contribution in [1.29, 1.82) is 5.26 Å². The zero-order valence-corrected chi connectivity index (χ0v) is 8.99. The second-order valence-corrected chi connectivity index (χ2v) is 4.53. The first-order valence-electron chi connectivity index (χ1n) is 5.28. The monoisotopic (exact) mass is 197 g/mol. The molecule has 0 aromatic rings. The molecule has 1 fully saturated rings. The van der Waals surface area contributed by atoms with Crippen LogP contribution in [0.5, 0.6) is 0 Å². The Morgan fingerprint density at radius 1 is 1.43 bits per heavy atom. The second kappa shape index (κ2) is 4.77. The Labute approximate surface area is 85.7 Å². The van der Waals surface area contributed by atoms with Gasteiger partial charge in [0.1, 0.15) is 0 Å². The summed E-state index contributed by atoms with van der Waals surface area (Å²) in [6.45, 7) is 5.33. The highest BCUT2D eigenvalue weighted by molar-refractivity contribution is 5.04. The normalized spacial score (nSPS) is 23.1. The van der Waals surface area contributed by atoms with Crippen molar-refractivity contribution in [3.63, 3.8) is 0 Å². The maximum Gasteiger partial charge on any atom is 0.0876 e. The number of aliphatic hydroxyl groups is 1. The summed E-state index contributed by atoms with van der Waals surface area (Å²) in [6.07, 6.45) is 1.53. The zero-order chi connectivity index (χ0) is 10.6. The summed E-state index contributed by atoms with van der Waals surface area (Å²) >= 11 is 0. The zero-order valence-electron chi connectivity index (χ0n) is 8.99. The van der Waals surface area contributed by atoms with E-state index in [9.17, 15) is 5.11 Å². The van der Waals surface area contributed by atoms with Gasteiger partial charge in [0.05, 0.1) is 17.6 Å². The molecule has 80 valence electrons. The van der Waals surface area contributed by atoms with Gasteiger partial charge in [0.15, 0.2) is 0 Å². The highest BCUT2D eigenvalue weighted by Crippen LogP contribution is 2.35. The van der Waals surface area contributed by atoms with Gasteiger partial charge in [0.2, 0.25) is 0 Å². The van der Waals surface area contributed by atoms with Crippen LogP contribution in [0.25, 0.3) is 0 Å². The van der Waals surface area contributed by atoms with Crippen LogP contribution in [-0.2, 0) is 4.74 Å². The maximum absolute atomic E-state index is 10.0. The number of nitriles is 1. The van der Waals surface area contributed by atoms with Crippen molar-refractivity contribution in [3.8, 4) is 6.07 Å². The van der Waals surface area contributed by atoms with Gasteiger partial charge in [-0.05, 0) is 25.2 Å². The molecule has 0 aromatic heterocycles. The molecule has 3 nitrogen and oxygen atoms in total. The summed E-state index contributed by atoms with van der Waals surface area (Å²) in [4.78, 5) is 0. The highest BCUT2D eigenvalue weighted by Gasteiger charge is 2.39. The Morgan fingerprint density at radius 2 is 2.00 bits per heavy atom. The van der Waals surface area contributed by atoms with Crippen LogP contribution < -0.4 is 0 Å². The number of hydrogen-bond donors (Lipinski definition) is 1. The SMILES string of the molecule is CC(C)CC(O)C1(C#N)CCOCC1. The van der Waals surface area contributed by atoms with Crippen LogP contribution in [-0.4, -0.2) is 24.4 Å². The second-order valence-electron chi connectivity index (χ2n) is 4.53. The molecular formula is C11H19NO2. The topological polar surface area (TPSA) is 53.2 Å². The van der Waals surface area contributed by atoms with Crippen molar-refractivity contribution in [2.24, 2.45) is 11.3 Å². The molecule has 0 aliphatic carbocycles. The summed E-state index contributed by atoms with van der Waals surface area (Å²) < 4.78 is 5.22. The van der Waals surface area contributed by atoms with Gasteiger partial charge in [-0.25, -0.2) is 0 Å². The predicted octanol–water partition coefficient (Wildman–Crippen LogP) is 1.71. The Balaban J connectivity index is 2.63. The minimum Gasteiger partial charge on any atom is -0.391 e. The molecule has 1 aliphatic heterocycles. The van der Waals surface area contributed by atoms with Crippen molar-refractivity contribution >= 4 is 0 Å². The fourth-order valence-corrected chi connectivity index (χ4v) is 1.93. The van der Waals surface area contributed by atoms with Crippen LogP contribution >= 0.6 is 0 Å². The van der Waals surface area contributed by atoms with Crippen molar-refractivity contribution in [2.75, 3.05) is 13.2 Å². The Kier molecular flexibility index (Phi) is 3.91. The van der Waals surface area contributed by atoms with Crippen LogP contribution in [0.15, 0.2) is 0 Å². The average Bonchev–Trinajstić information content (AvgIpc) is 2.18. The third kappa shape index (κ3) is 2.46. The third-order valence-electron chi connectivity index (χ3n) is 2.94. The van der Waals surface area contributed by atoms with E-state index in [1.54, 1.807) is 0 Å². The minimum absolute atomic E-state index is 0.429. The van der Waals surface area contributed by atoms with Gasteiger partial charge in [-0.3, -0.25) is 0 Å². The number of nitrogens with zero attached hydrogens (tertiary/aromatic N) is 1. The van der Waals surface area contributed by atoms with Crippen LogP contribution in [0.3, 0.4) is 0 Å². The summed E-state index contributed by atoms with van der Waals surface area (Å²) in [5, 5.41) is 19.2. The van der Waals surface area contributed by atoms with E-state index < -0.39 is 11.5 Å². The van der Waals surface area contributed by atoms with Crippen molar-refractivity contribution < 1.29 is 9.84 Å². The Bertz CT molecular complexity index is 214. The highest BCUT2D eigenvalue weighted by atomic mass is 16.5. The number of rotatable bonds is 3. The summed E-state index contributed by atoms with van der Waals surface area (Å²) in [6, 6.07) is 2.29.